The Balaban J connectivity index is 2.01. The lowest BCUT2D eigenvalue weighted by molar-refractivity contribution is -0.149. The van der Waals surface area contributed by atoms with Crippen molar-refractivity contribution in [3.63, 3.8) is 0 Å². The van der Waals surface area contributed by atoms with E-state index in [4.69, 9.17) is 10.8 Å². The molecule has 1 heterocycles. The van der Waals surface area contributed by atoms with Crippen LogP contribution in [0.5, 0.6) is 0 Å². The molecule has 1 unspecified atom stereocenters. The maximum atomic E-state index is 12.2. The fourth-order valence-electron chi connectivity index (χ4n) is 2.88. The smallest absolute Gasteiger partial charge is 0.326 e. The summed E-state index contributed by atoms with van der Waals surface area (Å²) in [5.41, 5.74) is 5.57. The molecular weight excluding hydrogens is 236 g/mol. The van der Waals surface area contributed by atoms with E-state index in [1.165, 1.54) is 4.90 Å². The van der Waals surface area contributed by atoms with Gasteiger partial charge in [-0.2, -0.15) is 0 Å². The number of carbonyl (C=O) groups excluding carboxylic acids is 1. The van der Waals surface area contributed by atoms with Gasteiger partial charge in [0.2, 0.25) is 5.91 Å². The Morgan fingerprint density at radius 2 is 2.06 bits per heavy atom. The van der Waals surface area contributed by atoms with E-state index in [2.05, 4.69) is 0 Å². The number of carboxylic acids is 1. The van der Waals surface area contributed by atoms with Crippen LogP contribution in [0, 0.1) is 5.41 Å². The zero-order chi connectivity index (χ0) is 13.3. The zero-order valence-corrected chi connectivity index (χ0v) is 10.3. The third-order valence-corrected chi connectivity index (χ3v) is 4.26. The molecule has 2 aliphatic rings. The van der Waals surface area contributed by atoms with Crippen LogP contribution in [-0.4, -0.2) is 52.2 Å². The summed E-state index contributed by atoms with van der Waals surface area (Å²) >= 11 is 0. The summed E-state index contributed by atoms with van der Waals surface area (Å²) < 4.78 is 0. The van der Waals surface area contributed by atoms with Crippen molar-refractivity contribution in [2.24, 2.45) is 11.1 Å². The van der Waals surface area contributed by atoms with E-state index in [0.29, 0.717) is 13.0 Å². The van der Waals surface area contributed by atoms with Crippen LogP contribution in [0.15, 0.2) is 0 Å². The molecule has 6 nitrogen and oxygen atoms in total. The lowest BCUT2D eigenvalue weighted by Gasteiger charge is -2.41. The first kappa shape index (κ1) is 13.3. The molecule has 0 aromatic carbocycles. The number of β-amino-alcohol motifs (C(OH)–C–C–N with tert-alkyl or cyclic N) is 1. The summed E-state index contributed by atoms with van der Waals surface area (Å²) in [4.78, 5) is 24.5. The van der Waals surface area contributed by atoms with Gasteiger partial charge in [0, 0.05) is 19.4 Å². The highest BCUT2D eigenvalue weighted by Crippen LogP contribution is 2.43. The van der Waals surface area contributed by atoms with E-state index < -0.39 is 18.1 Å². The van der Waals surface area contributed by atoms with Crippen molar-refractivity contribution >= 4 is 11.9 Å². The number of amides is 1. The molecule has 0 aromatic rings. The minimum absolute atomic E-state index is 0.121. The summed E-state index contributed by atoms with van der Waals surface area (Å²) in [7, 11) is 0. The number of hydrogen-bond donors (Lipinski definition) is 3. The summed E-state index contributed by atoms with van der Waals surface area (Å²) in [5.74, 6) is -1.24. The second kappa shape index (κ2) is 4.85. The number of likely N-dealkylation sites (tertiary alicyclic amines) is 1. The molecule has 2 rings (SSSR count). The molecule has 2 fully saturated rings. The van der Waals surface area contributed by atoms with Gasteiger partial charge in [-0.1, -0.05) is 6.42 Å². The molecule has 6 heteroatoms. The topological polar surface area (TPSA) is 104 Å². The molecule has 1 saturated heterocycles. The zero-order valence-electron chi connectivity index (χ0n) is 10.3. The molecule has 2 atom stereocenters. The number of nitrogens with two attached hydrogens (primary N) is 1. The second-order valence-corrected chi connectivity index (χ2v) is 5.52. The number of aliphatic carboxylic acids is 1. The van der Waals surface area contributed by atoms with Gasteiger partial charge in [0.25, 0.3) is 0 Å². The first-order valence-corrected chi connectivity index (χ1v) is 6.38. The van der Waals surface area contributed by atoms with E-state index in [1.54, 1.807) is 0 Å². The highest BCUT2D eigenvalue weighted by atomic mass is 16.4. The number of carboxylic acid groups (broad SMARTS) is 1. The van der Waals surface area contributed by atoms with E-state index >= 15 is 0 Å². The molecule has 4 N–H and O–H groups in total. The number of hydrogen-bond acceptors (Lipinski definition) is 4. The van der Waals surface area contributed by atoms with Gasteiger partial charge in [0.15, 0.2) is 0 Å². The van der Waals surface area contributed by atoms with Crippen molar-refractivity contribution in [3.8, 4) is 0 Å². The Morgan fingerprint density at radius 1 is 1.39 bits per heavy atom. The molecular formula is C12H20N2O4. The predicted octanol–water partition coefficient (Wildman–Crippen LogP) is -0.448. The third kappa shape index (κ3) is 2.35. The van der Waals surface area contributed by atoms with E-state index in [0.717, 1.165) is 19.3 Å². The number of rotatable bonds is 4. The van der Waals surface area contributed by atoms with Gasteiger partial charge in [-0.05, 0) is 24.8 Å². The number of aliphatic hydroxyl groups excluding tert-OH is 1. The van der Waals surface area contributed by atoms with Crippen LogP contribution in [0.25, 0.3) is 0 Å². The monoisotopic (exact) mass is 256 g/mol. The standard InChI is InChI=1S/C12H20N2O4/c13-7-12(2-1-3-12)5-10(16)14-6-8(15)4-9(14)11(17)18/h8-9,15H,1-7,13H2,(H,17,18)/t8?,9-/m0/s1. The summed E-state index contributed by atoms with van der Waals surface area (Å²) in [6.07, 6.45) is 2.64. The van der Waals surface area contributed by atoms with Crippen LogP contribution >= 0.6 is 0 Å². The lowest BCUT2D eigenvalue weighted by atomic mass is 9.66. The number of aliphatic hydroxyl groups is 1. The van der Waals surface area contributed by atoms with Crippen LogP contribution in [0.1, 0.15) is 32.1 Å². The molecule has 0 bridgehead atoms. The Bertz CT molecular complexity index is 348. The average molecular weight is 256 g/mol. The molecule has 18 heavy (non-hydrogen) atoms. The SMILES string of the molecule is NCC1(CC(=O)N2CC(O)C[C@H]2C(=O)O)CCC1. The fourth-order valence-corrected chi connectivity index (χ4v) is 2.88. The van der Waals surface area contributed by atoms with E-state index in [-0.39, 0.29) is 24.3 Å². The van der Waals surface area contributed by atoms with Crippen molar-refractivity contribution in [1.82, 2.24) is 4.90 Å². The minimum Gasteiger partial charge on any atom is -0.480 e. The maximum Gasteiger partial charge on any atom is 0.326 e. The van der Waals surface area contributed by atoms with Crippen LogP contribution < -0.4 is 5.73 Å². The van der Waals surface area contributed by atoms with Crippen molar-refractivity contribution in [3.05, 3.63) is 0 Å². The van der Waals surface area contributed by atoms with Crippen molar-refractivity contribution < 1.29 is 19.8 Å². The highest BCUT2D eigenvalue weighted by molar-refractivity contribution is 5.85. The first-order chi connectivity index (χ1) is 8.47. The van der Waals surface area contributed by atoms with Crippen LogP contribution in [0.4, 0.5) is 0 Å². The van der Waals surface area contributed by atoms with Gasteiger partial charge in [-0.15, -0.1) is 0 Å². The van der Waals surface area contributed by atoms with Gasteiger partial charge < -0.3 is 20.8 Å². The first-order valence-electron chi connectivity index (χ1n) is 6.38. The molecule has 0 radical (unpaired) electrons. The molecule has 0 spiro atoms. The molecule has 0 aromatic heterocycles. The normalized spacial score (nSPS) is 30.0. The number of nitrogens with zero attached hydrogens (tertiary/aromatic N) is 1. The minimum atomic E-state index is -1.05. The Morgan fingerprint density at radius 3 is 2.50 bits per heavy atom. The molecule has 1 amide bonds. The molecule has 1 aliphatic carbocycles. The molecule has 1 saturated carbocycles. The largest absolute Gasteiger partial charge is 0.480 e. The maximum absolute atomic E-state index is 12.2. The van der Waals surface area contributed by atoms with E-state index in [1.807, 2.05) is 0 Å². The Labute approximate surface area is 106 Å². The van der Waals surface area contributed by atoms with Gasteiger partial charge in [0.1, 0.15) is 6.04 Å². The fraction of sp³-hybridized carbons (Fsp3) is 0.833. The quantitative estimate of drug-likeness (QED) is 0.632. The van der Waals surface area contributed by atoms with Crippen LogP contribution in [0.2, 0.25) is 0 Å². The Hall–Kier alpha value is -1.14. The summed E-state index contributed by atoms with van der Waals surface area (Å²) in [5, 5.41) is 18.6. The van der Waals surface area contributed by atoms with E-state index in [9.17, 15) is 14.7 Å². The highest BCUT2D eigenvalue weighted by Gasteiger charge is 2.43. The molecule has 1 aliphatic heterocycles. The summed E-state index contributed by atoms with van der Waals surface area (Å²) in [6.45, 7) is 0.587. The summed E-state index contributed by atoms with van der Waals surface area (Å²) in [6, 6.07) is -0.887. The van der Waals surface area contributed by atoms with Gasteiger partial charge in [-0.3, -0.25) is 4.79 Å². The average Bonchev–Trinajstić information content (AvgIpc) is 2.66. The van der Waals surface area contributed by atoms with Crippen molar-refractivity contribution in [1.29, 1.82) is 0 Å². The third-order valence-electron chi connectivity index (χ3n) is 4.26. The predicted molar refractivity (Wildman–Crippen MR) is 63.7 cm³/mol. The van der Waals surface area contributed by atoms with Crippen molar-refractivity contribution in [2.75, 3.05) is 13.1 Å². The Kier molecular flexibility index (Phi) is 3.59. The second-order valence-electron chi connectivity index (χ2n) is 5.52. The van der Waals surface area contributed by atoms with Crippen LogP contribution in [0.3, 0.4) is 0 Å². The van der Waals surface area contributed by atoms with Gasteiger partial charge in [-0.25, -0.2) is 4.79 Å². The number of carbonyl (C=O) groups is 2. The van der Waals surface area contributed by atoms with Crippen LogP contribution in [-0.2, 0) is 9.59 Å². The molecule has 102 valence electrons. The van der Waals surface area contributed by atoms with Gasteiger partial charge in [0.05, 0.1) is 6.10 Å². The van der Waals surface area contributed by atoms with Gasteiger partial charge >= 0.3 is 5.97 Å². The van der Waals surface area contributed by atoms with Crippen molar-refractivity contribution in [2.45, 2.75) is 44.2 Å². The lowest BCUT2D eigenvalue weighted by Crippen LogP contribution is -2.46.